The van der Waals surface area contributed by atoms with Crippen LogP contribution in [0, 0.1) is 0 Å². The lowest BCUT2D eigenvalue weighted by Gasteiger charge is -2.17. The Morgan fingerprint density at radius 3 is 2.15 bits per heavy atom. The highest BCUT2D eigenvalue weighted by Crippen LogP contribution is 2.49. The molecule has 0 atom stereocenters. The van der Waals surface area contributed by atoms with Gasteiger partial charge >= 0.3 is 7.82 Å². The first-order valence-electron chi connectivity index (χ1n) is 6.87. The van der Waals surface area contributed by atoms with Gasteiger partial charge in [-0.2, -0.15) is 0 Å². The summed E-state index contributed by atoms with van der Waals surface area (Å²) in [5.74, 6) is 1.17. The monoisotopic (exact) mass is 320 g/mol. The molecular formula is C14H22ClO4P. The average Bonchev–Trinajstić information content (AvgIpc) is 2.41. The van der Waals surface area contributed by atoms with Gasteiger partial charge in [-0.05, 0) is 50.8 Å². The molecule has 0 aliphatic carbocycles. The Labute approximate surface area is 126 Å². The van der Waals surface area contributed by atoms with Crippen molar-refractivity contribution >= 4 is 19.4 Å². The summed E-state index contributed by atoms with van der Waals surface area (Å²) in [5, 5.41) is 0. The van der Waals surface area contributed by atoms with Crippen molar-refractivity contribution in [3.05, 3.63) is 29.8 Å². The normalized spacial score (nSPS) is 11.6. The zero-order valence-corrected chi connectivity index (χ0v) is 13.7. The maximum Gasteiger partial charge on any atom is 0.530 e. The van der Waals surface area contributed by atoms with Crippen molar-refractivity contribution in [1.82, 2.24) is 0 Å². The van der Waals surface area contributed by atoms with Crippen LogP contribution in [-0.2, 0) is 20.0 Å². The molecule has 0 heterocycles. The second kappa shape index (κ2) is 9.41. The Morgan fingerprint density at radius 1 is 1.05 bits per heavy atom. The summed E-state index contributed by atoms with van der Waals surface area (Å²) in [6.07, 6.45) is 3.03. The third kappa shape index (κ3) is 6.27. The fourth-order valence-corrected chi connectivity index (χ4v) is 3.06. The first-order valence-corrected chi connectivity index (χ1v) is 8.86. The average molecular weight is 321 g/mol. The van der Waals surface area contributed by atoms with Crippen LogP contribution in [0.1, 0.15) is 32.3 Å². The zero-order chi connectivity index (χ0) is 14.8. The summed E-state index contributed by atoms with van der Waals surface area (Å²) in [6.45, 7) is 4.03. The zero-order valence-electron chi connectivity index (χ0n) is 12.0. The van der Waals surface area contributed by atoms with Gasteiger partial charge in [0.05, 0.1) is 13.2 Å². The first kappa shape index (κ1) is 17.5. The van der Waals surface area contributed by atoms with Gasteiger partial charge in [0, 0.05) is 5.88 Å². The van der Waals surface area contributed by atoms with Gasteiger partial charge in [-0.15, -0.1) is 11.6 Å². The number of phosphoric acid groups is 1. The molecule has 0 radical (unpaired) electrons. The molecule has 6 heteroatoms. The molecule has 1 rings (SSSR count). The molecule has 0 aliphatic rings. The fraction of sp³-hybridized carbons (Fsp3) is 0.571. The van der Waals surface area contributed by atoms with E-state index in [4.69, 9.17) is 25.2 Å². The van der Waals surface area contributed by atoms with Gasteiger partial charge in [-0.25, -0.2) is 4.57 Å². The van der Waals surface area contributed by atoms with E-state index < -0.39 is 7.82 Å². The molecule has 0 fully saturated rings. The van der Waals surface area contributed by atoms with Crippen molar-refractivity contribution in [1.29, 1.82) is 0 Å². The standard InChI is InChI=1S/C14H22ClO4P/c1-3-17-20(16,18-4-2)19-14-10-8-13(9-11-14)7-5-6-12-15/h8-11H,3-7,12H2,1-2H3. The highest BCUT2D eigenvalue weighted by molar-refractivity contribution is 7.48. The predicted molar refractivity (Wildman–Crippen MR) is 81.6 cm³/mol. The third-order valence-electron chi connectivity index (χ3n) is 2.56. The highest BCUT2D eigenvalue weighted by atomic mass is 35.5. The van der Waals surface area contributed by atoms with Gasteiger partial charge in [-0.3, -0.25) is 9.05 Å². The van der Waals surface area contributed by atoms with E-state index in [2.05, 4.69) is 0 Å². The summed E-state index contributed by atoms with van der Waals surface area (Å²) >= 11 is 5.65. The Hall–Kier alpha value is -0.540. The molecular weight excluding hydrogens is 299 g/mol. The van der Waals surface area contributed by atoms with Crippen molar-refractivity contribution in [3.63, 3.8) is 0 Å². The smallest absolute Gasteiger partial charge is 0.404 e. The Kier molecular flexibility index (Phi) is 8.24. The van der Waals surface area contributed by atoms with Gasteiger partial charge in [0.1, 0.15) is 5.75 Å². The second-order valence-corrected chi connectivity index (χ2v) is 6.14. The van der Waals surface area contributed by atoms with Gasteiger partial charge in [-0.1, -0.05) is 12.1 Å². The van der Waals surface area contributed by atoms with Crippen molar-refractivity contribution in [2.75, 3.05) is 19.1 Å². The van der Waals surface area contributed by atoms with E-state index >= 15 is 0 Å². The molecule has 0 unspecified atom stereocenters. The highest BCUT2D eigenvalue weighted by Gasteiger charge is 2.27. The number of hydrogen-bond acceptors (Lipinski definition) is 4. The summed E-state index contributed by atoms with van der Waals surface area (Å²) in [4.78, 5) is 0. The molecule has 4 nitrogen and oxygen atoms in total. The summed E-state index contributed by atoms with van der Waals surface area (Å²) in [5.41, 5.74) is 1.20. The van der Waals surface area contributed by atoms with Gasteiger partial charge < -0.3 is 4.52 Å². The van der Waals surface area contributed by atoms with Crippen LogP contribution in [0.3, 0.4) is 0 Å². The Morgan fingerprint density at radius 2 is 1.65 bits per heavy atom. The SMILES string of the molecule is CCOP(=O)(OCC)Oc1ccc(CCCCCl)cc1. The number of aryl methyl sites for hydroxylation is 1. The number of benzene rings is 1. The minimum Gasteiger partial charge on any atom is -0.404 e. The van der Waals surface area contributed by atoms with Gasteiger partial charge in [0.15, 0.2) is 0 Å². The molecule has 0 spiro atoms. The Balaban J connectivity index is 2.61. The van der Waals surface area contributed by atoms with Crippen LogP contribution >= 0.6 is 19.4 Å². The molecule has 0 amide bonds. The van der Waals surface area contributed by atoms with Crippen molar-refractivity contribution in [2.45, 2.75) is 33.1 Å². The lowest BCUT2D eigenvalue weighted by Crippen LogP contribution is -2.02. The summed E-state index contributed by atoms with van der Waals surface area (Å²) in [7, 11) is -3.50. The van der Waals surface area contributed by atoms with Crippen LogP contribution < -0.4 is 4.52 Å². The Bertz CT molecular complexity index is 412. The van der Waals surface area contributed by atoms with Gasteiger partial charge in [0.25, 0.3) is 0 Å². The second-order valence-electron chi connectivity index (χ2n) is 4.16. The maximum atomic E-state index is 12.2. The van der Waals surface area contributed by atoms with Crippen LogP contribution in [-0.4, -0.2) is 19.1 Å². The molecule has 0 saturated heterocycles. The number of phosphoric ester groups is 1. The maximum absolute atomic E-state index is 12.2. The van der Waals surface area contributed by atoms with Crippen LogP contribution in [0.5, 0.6) is 5.75 Å². The molecule has 0 aromatic heterocycles. The number of hydrogen-bond donors (Lipinski definition) is 0. The van der Waals surface area contributed by atoms with E-state index in [9.17, 15) is 4.57 Å². The van der Waals surface area contributed by atoms with Crippen LogP contribution in [0.15, 0.2) is 24.3 Å². The van der Waals surface area contributed by atoms with Crippen molar-refractivity contribution in [2.24, 2.45) is 0 Å². The van der Waals surface area contributed by atoms with E-state index in [1.54, 1.807) is 26.0 Å². The van der Waals surface area contributed by atoms with Crippen LogP contribution in [0.2, 0.25) is 0 Å². The van der Waals surface area contributed by atoms with Crippen LogP contribution in [0.25, 0.3) is 0 Å². The number of unbranched alkanes of at least 4 members (excludes halogenated alkanes) is 1. The van der Waals surface area contributed by atoms with E-state index in [-0.39, 0.29) is 13.2 Å². The van der Waals surface area contributed by atoms with Crippen molar-refractivity contribution < 1.29 is 18.1 Å². The molecule has 0 saturated carbocycles. The predicted octanol–water partition coefficient (Wildman–Crippen LogP) is 4.81. The van der Waals surface area contributed by atoms with E-state index in [0.717, 1.165) is 19.3 Å². The largest absolute Gasteiger partial charge is 0.530 e. The molecule has 0 bridgehead atoms. The van der Waals surface area contributed by atoms with E-state index in [1.165, 1.54) is 5.56 Å². The summed E-state index contributed by atoms with van der Waals surface area (Å²) < 4.78 is 27.7. The number of halogens is 1. The lowest BCUT2D eigenvalue weighted by molar-refractivity contribution is 0.167. The van der Waals surface area contributed by atoms with E-state index in [0.29, 0.717) is 11.6 Å². The van der Waals surface area contributed by atoms with Crippen molar-refractivity contribution in [3.8, 4) is 5.75 Å². The third-order valence-corrected chi connectivity index (χ3v) is 4.41. The lowest BCUT2D eigenvalue weighted by atomic mass is 10.1. The summed E-state index contributed by atoms with van der Waals surface area (Å²) in [6, 6.07) is 7.46. The fourth-order valence-electron chi connectivity index (χ4n) is 1.68. The quantitative estimate of drug-likeness (QED) is 0.352. The minimum atomic E-state index is -3.50. The van der Waals surface area contributed by atoms with Gasteiger partial charge in [0.2, 0.25) is 0 Å². The van der Waals surface area contributed by atoms with E-state index in [1.807, 2.05) is 12.1 Å². The van der Waals surface area contributed by atoms with Crippen LogP contribution in [0.4, 0.5) is 0 Å². The topological polar surface area (TPSA) is 44.8 Å². The first-order chi connectivity index (χ1) is 9.63. The number of alkyl halides is 1. The molecule has 20 heavy (non-hydrogen) atoms. The molecule has 1 aromatic rings. The molecule has 114 valence electrons. The molecule has 0 aliphatic heterocycles. The minimum absolute atomic E-state index is 0.272. The molecule has 0 N–H and O–H groups in total. The number of rotatable bonds is 10. The molecule has 1 aromatic carbocycles.